The van der Waals surface area contributed by atoms with Crippen molar-refractivity contribution in [2.75, 3.05) is 0 Å². The minimum absolute atomic E-state index is 0.144. The summed E-state index contributed by atoms with van der Waals surface area (Å²) < 4.78 is 0. The number of fused-ring (bicyclic) bond motifs is 1. The van der Waals surface area contributed by atoms with Gasteiger partial charge in [-0.2, -0.15) is 5.26 Å². The van der Waals surface area contributed by atoms with Crippen molar-refractivity contribution in [1.82, 2.24) is 4.98 Å². The van der Waals surface area contributed by atoms with Crippen LogP contribution in [0.2, 0.25) is 15.1 Å². The van der Waals surface area contributed by atoms with Crippen molar-refractivity contribution < 1.29 is 4.79 Å². The van der Waals surface area contributed by atoms with Gasteiger partial charge in [0.1, 0.15) is 11.8 Å². The normalized spacial score (nSPS) is 10.4. The summed E-state index contributed by atoms with van der Waals surface area (Å²) in [5.74, 6) is 0. The number of hydrogen-bond acceptors (Lipinski definition) is 2. The molecule has 0 saturated carbocycles. The molecule has 0 spiro atoms. The highest BCUT2D eigenvalue weighted by Crippen LogP contribution is 2.38. The minimum atomic E-state index is 0.144. The van der Waals surface area contributed by atoms with E-state index in [1.807, 2.05) is 6.07 Å². The van der Waals surface area contributed by atoms with Crippen molar-refractivity contribution in [1.29, 1.82) is 5.26 Å². The third-order valence-corrected chi connectivity index (χ3v) is 3.45. The zero-order chi connectivity index (χ0) is 11.9. The van der Waals surface area contributed by atoms with Crippen molar-refractivity contribution in [3.05, 3.63) is 32.4 Å². The molecule has 0 radical (unpaired) electrons. The van der Waals surface area contributed by atoms with Crippen LogP contribution < -0.4 is 0 Å². The molecule has 0 aliphatic heterocycles. The Morgan fingerprint density at radius 1 is 1.31 bits per heavy atom. The van der Waals surface area contributed by atoms with E-state index in [1.54, 1.807) is 0 Å². The second-order valence-corrected chi connectivity index (χ2v) is 4.22. The predicted molar refractivity (Wildman–Crippen MR) is 63.4 cm³/mol. The van der Waals surface area contributed by atoms with Gasteiger partial charge in [-0.05, 0) is 6.07 Å². The minimum Gasteiger partial charge on any atom is -0.346 e. The van der Waals surface area contributed by atoms with Gasteiger partial charge in [-0.15, -0.1) is 0 Å². The van der Waals surface area contributed by atoms with Crippen LogP contribution in [-0.2, 0) is 0 Å². The monoisotopic (exact) mass is 272 g/mol. The highest BCUT2D eigenvalue weighted by molar-refractivity contribution is 6.50. The Kier molecular flexibility index (Phi) is 2.81. The molecule has 16 heavy (non-hydrogen) atoms. The largest absolute Gasteiger partial charge is 0.346 e. The standard InChI is InChI=1S/C10H3Cl3N2O/c11-5-1-6-8(10(13)9(5)12)4(3-16)7(2-14)15-6/h1,3,15H. The van der Waals surface area contributed by atoms with Gasteiger partial charge in [-0.3, -0.25) is 4.79 Å². The summed E-state index contributed by atoms with van der Waals surface area (Å²) in [5.41, 5.74) is 0.851. The average molecular weight is 274 g/mol. The third-order valence-electron chi connectivity index (χ3n) is 2.19. The number of nitriles is 1. The van der Waals surface area contributed by atoms with Crippen molar-refractivity contribution in [2.24, 2.45) is 0 Å². The van der Waals surface area contributed by atoms with Crippen LogP contribution in [0.25, 0.3) is 10.9 Å². The van der Waals surface area contributed by atoms with E-state index in [9.17, 15) is 4.79 Å². The zero-order valence-electron chi connectivity index (χ0n) is 7.64. The molecule has 0 amide bonds. The molecule has 0 unspecified atom stereocenters. The maximum atomic E-state index is 10.9. The lowest BCUT2D eigenvalue weighted by molar-refractivity contribution is 0.112. The first kappa shape index (κ1) is 11.3. The van der Waals surface area contributed by atoms with Crippen molar-refractivity contribution in [3.63, 3.8) is 0 Å². The number of nitrogens with one attached hydrogen (secondary N) is 1. The molecule has 1 aromatic carbocycles. The number of aldehydes is 1. The number of aromatic amines is 1. The molecule has 0 bridgehead atoms. The lowest BCUT2D eigenvalue weighted by Crippen LogP contribution is -1.83. The molecule has 0 fully saturated rings. The Morgan fingerprint density at radius 3 is 2.56 bits per heavy atom. The molecule has 0 saturated heterocycles. The average Bonchev–Trinajstić information content (AvgIpc) is 2.63. The van der Waals surface area contributed by atoms with Crippen LogP contribution in [0.5, 0.6) is 0 Å². The second kappa shape index (κ2) is 3.99. The maximum absolute atomic E-state index is 10.9. The van der Waals surface area contributed by atoms with Crippen LogP contribution in [-0.4, -0.2) is 11.3 Å². The third kappa shape index (κ3) is 1.47. The van der Waals surface area contributed by atoms with Gasteiger partial charge in [0.2, 0.25) is 0 Å². The first-order chi connectivity index (χ1) is 7.60. The van der Waals surface area contributed by atoms with Gasteiger partial charge in [-0.25, -0.2) is 0 Å². The summed E-state index contributed by atoms with van der Waals surface area (Å²) in [7, 11) is 0. The second-order valence-electron chi connectivity index (χ2n) is 3.05. The molecule has 2 rings (SSSR count). The molecule has 80 valence electrons. The van der Waals surface area contributed by atoms with E-state index in [1.165, 1.54) is 6.07 Å². The molecular formula is C10H3Cl3N2O. The van der Waals surface area contributed by atoms with Crippen LogP contribution in [0, 0.1) is 11.3 Å². The van der Waals surface area contributed by atoms with Gasteiger partial charge in [0.25, 0.3) is 0 Å². The molecular weight excluding hydrogens is 270 g/mol. The molecule has 3 nitrogen and oxygen atoms in total. The van der Waals surface area contributed by atoms with Crippen LogP contribution in [0.1, 0.15) is 16.1 Å². The van der Waals surface area contributed by atoms with E-state index >= 15 is 0 Å². The molecule has 1 heterocycles. The molecule has 1 aromatic heterocycles. The summed E-state index contributed by atoms with van der Waals surface area (Å²) in [5, 5.41) is 9.86. The molecule has 2 aromatic rings. The number of carbonyl (C=O) groups excluding carboxylic acids is 1. The van der Waals surface area contributed by atoms with E-state index in [-0.39, 0.29) is 26.3 Å². The topological polar surface area (TPSA) is 56.6 Å². The van der Waals surface area contributed by atoms with Crippen molar-refractivity contribution in [3.8, 4) is 6.07 Å². The number of hydrogen-bond donors (Lipinski definition) is 1. The van der Waals surface area contributed by atoms with Gasteiger partial charge in [0.15, 0.2) is 6.29 Å². The van der Waals surface area contributed by atoms with E-state index in [2.05, 4.69) is 4.98 Å². The van der Waals surface area contributed by atoms with Gasteiger partial charge < -0.3 is 4.98 Å². The summed E-state index contributed by atoms with van der Waals surface area (Å²) in [6.07, 6.45) is 0.563. The Hall–Kier alpha value is -1.21. The Morgan fingerprint density at radius 2 is 2.00 bits per heavy atom. The number of rotatable bonds is 1. The maximum Gasteiger partial charge on any atom is 0.153 e. The number of benzene rings is 1. The fourth-order valence-electron chi connectivity index (χ4n) is 1.49. The van der Waals surface area contributed by atoms with E-state index < -0.39 is 0 Å². The van der Waals surface area contributed by atoms with E-state index in [4.69, 9.17) is 40.1 Å². The van der Waals surface area contributed by atoms with Crippen LogP contribution >= 0.6 is 34.8 Å². The quantitative estimate of drug-likeness (QED) is 0.634. The Balaban J connectivity index is 3.01. The number of halogens is 3. The van der Waals surface area contributed by atoms with Gasteiger partial charge in [-0.1, -0.05) is 34.8 Å². The molecule has 0 aliphatic carbocycles. The van der Waals surface area contributed by atoms with Gasteiger partial charge >= 0.3 is 0 Å². The smallest absolute Gasteiger partial charge is 0.153 e. The van der Waals surface area contributed by atoms with Gasteiger partial charge in [0, 0.05) is 5.39 Å². The molecule has 1 N–H and O–H groups in total. The fourth-order valence-corrected chi connectivity index (χ4v) is 2.20. The molecule has 0 aliphatic rings. The van der Waals surface area contributed by atoms with E-state index in [0.29, 0.717) is 17.2 Å². The summed E-state index contributed by atoms with van der Waals surface area (Å²) in [4.78, 5) is 13.7. The summed E-state index contributed by atoms with van der Waals surface area (Å²) in [6, 6.07) is 3.40. The molecule has 6 heteroatoms. The fraction of sp³-hybridized carbons (Fsp3) is 0. The highest BCUT2D eigenvalue weighted by atomic mass is 35.5. The number of H-pyrrole nitrogens is 1. The van der Waals surface area contributed by atoms with Crippen LogP contribution in [0.3, 0.4) is 0 Å². The number of carbonyl (C=O) groups is 1. The van der Waals surface area contributed by atoms with Crippen LogP contribution in [0.15, 0.2) is 6.07 Å². The lowest BCUT2D eigenvalue weighted by atomic mass is 10.1. The zero-order valence-corrected chi connectivity index (χ0v) is 9.91. The Labute approximate surface area is 106 Å². The van der Waals surface area contributed by atoms with Gasteiger partial charge in [0.05, 0.1) is 26.1 Å². The summed E-state index contributed by atoms with van der Waals surface area (Å²) >= 11 is 17.7. The number of nitrogens with zero attached hydrogens (tertiary/aromatic N) is 1. The molecule has 0 atom stereocenters. The SMILES string of the molecule is N#Cc1[nH]c2cc(Cl)c(Cl)c(Cl)c2c1C=O. The van der Waals surface area contributed by atoms with E-state index in [0.717, 1.165) is 0 Å². The van der Waals surface area contributed by atoms with Crippen molar-refractivity contribution >= 4 is 52.0 Å². The Bertz CT molecular complexity index is 640. The first-order valence-corrected chi connectivity index (χ1v) is 5.28. The van der Waals surface area contributed by atoms with Crippen molar-refractivity contribution in [2.45, 2.75) is 0 Å². The summed E-state index contributed by atoms with van der Waals surface area (Å²) in [6.45, 7) is 0. The highest BCUT2D eigenvalue weighted by Gasteiger charge is 2.17. The predicted octanol–water partition coefficient (Wildman–Crippen LogP) is 3.81. The first-order valence-electron chi connectivity index (χ1n) is 4.14. The lowest BCUT2D eigenvalue weighted by Gasteiger charge is -2.00. The number of aromatic nitrogens is 1. The van der Waals surface area contributed by atoms with Crippen LogP contribution in [0.4, 0.5) is 0 Å².